The molecular formula is C19H25N3O4. The van der Waals surface area contributed by atoms with E-state index in [1.54, 1.807) is 13.3 Å². The Hall–Kier alpha value is -2.38. The highest BCUT2D eigenvalue weighted by Gasteiger charge is 2.28. The summed E-state index contributed by atoms with van der Waals surface area (Å²) in [5, 5.41) is 23.1. The Balaban J connectivity index is 1.78. The zero-order valence-corrected chi connectivity index (χ0v) is 14.9. The fourth-order valence-electron chi connectivity index (χ4n) is 3.64. The van der Waals surface area contributed by atoms with Crippen molar-refractivity contribution in [3.63, 3.8) is 0 Å². The number of likely N-dealkylation sites (tertiary alicyclic amines) is 1. The highest BCUT2D eigenvalue weighted by atomic mass is 16.5. The minimum Gasteiger partial charge on any atom is -0.497 e. The lowest BCUT2D eigenvalue weighted by atomic mass is 9.99. The number of aromatic nitrogens is 1. The average molecular weight is 359 g/mol. The van der Waals surface area contributed by atoms with E-state index in [1.165, 1.54) is 0 Å². The lowest BCUT2D eigenvalue weighted by molar-refractivity contribution is -0.0387. The summed E-state index contributed by atoms with van der Waals surface area (Å²) >= 11 is 0. The highest BCUT2D eigenvalue weighted by molar-refractivity contribution is 5.83. The first-order valence-electron chi connectivity index (χ1n) is 8.90. The summed E-state index contributed by atoms with van der Waals surface area (Å²) in [4.78, 5) is 17.2. The second-order valence-corrected chi connectivity index (χ2v) is 6.61. The SMILES string of the molecule is COc1ccc2nccc(CC(O)N3CCCCC3CNC(=O)O)c2c1. The molecule has 1 saturated heterocycles. The molecular weight excluding hydrogens is 334 g/mol. The number of nitrogens with one attached hydrogen (secondary N) is 1. The molecule has 0 aliphatic carbocycles. The zero-order valence-electron chi connectivity index (χ0n) is 14.9. The van der Waals surface area contributed by atoms with Crippen LogP contribution in [0.15, 0.2) is 30.5 Å². The molecule has 7 nitrogen and oxygen atoms in total. The molecule has 26 heavy (non-hydrogen) atoms. The molecule has 0 spiro atoms. The first-order valence-corrected chi connectivity index (χ1v) is 8.90. The van der Waals surface area contributed by atoms with Crippen molar-refractivity contribution in [1.29, 1.82) is 0 Å². The first kappa shape index (κ1) is 18.4. The number of piperidine rings is 1. The summed E-state index contributed by atoms with van der Waals surface area (Å²) in [6.07, 6.45) is 3.43. The number of aliphatic hydroxyl groups excluding tert-OH is 1. The molecule has 3 N–H and O–H groups in total. The van der Waals surface area contributed by atoms with Crippen molar-refractivity contribution in [1.82, 2.24) is 15.2 Å². The summed E-state index contributed by atoms with van der Waals surface area (Å²) < 4.78 is 5.31. The molecule has 0 radical (unpaired) electrons. The number of fused-ring (bicyclic) bond motifs is 1. The van der Waals surface area contributed by atoms with E-state index in [4.69, 9.17) is 9.84 Å². The van der Waals surface area contributed by atoms with Gasteiger partial charge in [0.25, 0.3) is 0 Å². The van der Waals surface area contributed by atoms with Gasteiger partial charge >= 0.3 is 6.09 Å². The Morgan fingerprint density at radius 3 is 3.04 bits per heavy atom. The third-order valence-corrected chi connectivity index (χ3v) is 4.99. The molecule has 140 valence electrons. The molecule has 1 fully saturated rings. The van der Waals surface area contributed by atoms with Gasteiger partial charge in [0.1, 0.15) is 12.0 Å². The predicted octanol–water partition coefficient (Wildman–Crippen LogP) is 2.23. The normalized spacial score (nSPS) is 19.2. The Bertz CT molecular complexity index is 768. The molecule has 0 bridgehead atoms. The van der Waals surface area contributed by atoms with E-state index >= 15 is 0 Å². The summed E-state index contributed by atoms with van der Waals surface area (Å²) in [5.74, 6) is 0.753. The number of carbonyl (C=O) groups is 1. The third-order valence-electron chi connectivity index (χ3n) is 4.99. The van der Waals surface area contributed by atoms with Gasteiger partial charge < -0.3 is 20.3 Å². The van der Waals surface area contributed by atoms with Gasteiger partial charge in [-0.1, -0.05) is 6.42 Å². The van der Waals surface area contributed by atoms with Gasteiger partial charge in [0.2, 0.25) is 0 Å². The fourth-order valence-corrected chi connectivity index (χ4v) is 3.64. The van der Waals surface area contributed by atoms with E-state index in [9.17, 15) is 9.90 Å². The molecule has 3 rings (SSSR count). The molecule has 1 aliphatic heterocycles. The summed E-state index contributed by atoms with van der Waals surface area (Å²) in [6.45, 7) is 1.09. The largest absolute Gasteiger partial charge is 0.497 e. The predicted molar refractivity (Wildman–Crippen MR) is 98.4 cm³/mol. The number of amides is 1. The minimum absolute atomic E-state index is 0.0116. The molecule has 1 aromatic carbocycles. The molecule has 1 aliphatic rings. The standard InChI is InChI=1S/C19H25N3O4/c1-26-15-5-6-17-16(11-15)13(7-8-20-17)10-18(23)22-9-3-2-4-14(22)12-21-19(24)25/h5-8,11,14,18,21,23H,2-4,9-10,12H2,1H3,(H,24,25). The zero-order chi connectivity index (χ0) is 18.5. The molecule has 7 heteroatoms. The van der Waals surface area contributed by atoms with Crippen LogP contribution in [0.25, 0.3) is 10.9 Å². The average Bonchev–Trinajstić information content (AvgIpc) is 2.66. The van der Waals surface area contributed by atoms with E-state index < -0.39 is 12.3 Å². The van der Waals surface area contributed by atoms with Gasteiger partial charge in [0.15, 0.2) is 0 Å². The van der Waals surface area contributed by atoms with Crippen LogP contribution in [0, 0.1) is 0 Å². The van der Waals surface area contributed by atoms with Crippen molar-refractivity contribution >= 4 is 17.0 Å². The monoisotopic (exact) mass is 359 g/mol. The molecule has 1 aromatic heterocycles. The Morgan fingerprint density at radius 2 is 2.27 bits per heavy atom. The van der Waals surface area contributed by atoms with Gasteiger partial charge in [-0.15, -0.1) is 0 Å². The van der Waals surface area contributed by atoms with Crippen LogP contribution < -0.4 is 10.1 Å². The molecule has 2 heterocycles. The van der Waals surface area contributed by atoms with Crippen molar-refractivity contribution in [3.05, 3.63) is 36.0 Å². The number of aliphatic hydroxyl groups is 1. The van der Waals surface area contributed by atoms with Crippen LogP contribution in [0.3, 0.4) is 0 Å². The van der Waals surface area contributed by atoms with E-state index in [-0.39, 0.29) is 6.04 Å². The smallest absolute Gasteiger partial charge is 0.404 e. The van der Waals surface area contributed by atoms with Gasteiger partial charge in [-0.25, -0.2) is 4.79 Å². The molecule has 2 aromatic rings. The van der Waals surface area contributed by atoms with Crippen molar-refractivity contribution in [2.24, 2.45) is 0 Å². The Morgan fingerprint density at radius 1 is 1.42 bits per heavy atom. The molecule has 2 atom stereocenters. The van der Waals surface area contributed by atoms with Crippen LogP contribution in [0.2, 0.25) is 0 Å². The van der Waals surface area contributed by atoms with Gasteiger partial charge in [-0.05, 0) is 42.7 Å². The Kier molecular flexibility index (Phi) is 5.90. The van der Waals surface area contributed by atoms with E-state index in [2.05, 4.69) is 10.3 Å². The van der Waals surface area contributed by atoms with Crippen molar-refractivity contribution in [2.45, 2.75) is 38.0 Å². The number of rotatable bonds is 6. The van der Waals surface area contributed by atoms with E-state index in [0.29, 0.717) is 13.0 Å². The Labute approximate surface area is 152 Å². The number of nitrogens with zero attached hydrogens (tertiary/aromatic N) is 2. The summed E-state index contributed by atoms with van der Waals surface area (Å²) in [5.41, 5.74) is 1.86. The number of methoxy groups -OCH3 is 1. The maximum atomic E-state index is 10.8. The van der Waals surface area contributed by atoms with Crippen molar-refractivity contribution in [3.8, 4) is 5.75 Å². The van der Waals surface area contributed by atoms with Gasteiger partial charge in [-0.3, -0.25) is 9.88 Å². The van der Waals surface area contributed by atoms with Crippen molar-refractivity contribution in [2.75, 3.05) is 20.2 Å². The van der Waals surface area contributed by atoms with Crippen LogP contribution in [0.1, 0.15) is 24.8 Å². The number of hydrogen-bond acceptors (Lipinski definition) is 5. The van der Waals surface area contributed by atoms with Crippen LogP contribution in [0.5, 0.6) is 5.75 Å². The third kappa shape index (κ3) is 4.23. The van der Waals surface area contributed by atoms with Crippen LogP contribution in [-0.2, 0) is 6.42 Å². The number of ether oxygens (including phenoxy) is 1. The fraction of sp³-hybridized carbons (Fsp3) is 0.474. The lowest BCUT2D eigenvalue weighted by Crippen LogP contribution is -2.51. The topological polar surface area (TPSA) is 94.9 Å². The number of pyridine rings is 1. The van der Waals surface area contributed by atoms with Gasteiger partial charge in [0.05, 0.1) is 12.6 Å². The minimum atomic E-state index is -1.03. The van der Waals surface area contributed by atoms with E-state index in [1.807, 2.05) is 29.2 Å². The second-order valence-electron chi connectivity index (χ2n) is 6.61. The van der Waals surface area contributed by atoms with Crippen LogP contribution in [0.4, 0.5) is 4.79 Å². The number of carboxylic acid groups (broad SMARTS) is 1. The maximum absolute atomic E-state index is 10.8. The van der Waals surface area contributed by atoms with Crippen LogP contribution in [-0.4, -0.2) is 58.7 Å². The molecule has 1 amide bonds. The van der Waals surface area contributed by atoms with Crippen molar-refractivity contribution < 1.29 is 19.7 Å². The maximum Gasteiger partial charge on any atom is 0.404 e. The van der Waals surface area contributed by atoms with E-state index in [0.717, 1.165) is 48.0 Å². The summed E-state index contributed by atoms with van der Waals surface area (Å²) in [6, 6.07) is 7.64. The number of benzene rings is 1. The molecule has 0 saturated carbocycles. The van der Waals surface area contributed by atoms with Gasteiger partial charge in [-0.2, -0.15) is 0 Å². The summed E-state index contributed by atoms with van der Waals surface area (Å²) in [7, 11) is 1.62. The van der Waals surface area contributed by atoms with Crippen LogP contribution >= 0.6 is 0 Å². The highest BCUT2D eigenvalue weighted by Crippen LogP contribution is 2.25. The second kappa shape index (κ2) is 8.33. The number of hydrogen-bond donors (Lipinski definition) is 3. The lowest BCUT2D eigenvalue weighted by Gasteiger charge is -2.39. The first-order chi connectivity index (χ1) is 12.6. The quantitative estimate of drug-likeness (QED) is 0.732. The molecule has 2 unspecified atom stereocenters. The van der Waals surface area contributed by atoms with Gasteiger partial charge in [0, 0.05) is 37.1 Å².